The Bertz CT molecular complexity index is 844. The normalized spacial score (nSPS) is 10.3. The summed E-state index contributed by atoms with van der Waals surface area (Å²) in [6, 6.07) is 15.8. The van der Waals surface area contributed by atoms with Crippen molar-refractivity contribution in [3.8, 4) is 11.5 Å². The minimum atomic E-state index is -0.564. The average molecular weight is 326 g/mol. The van der Waals surface area contributed by atoms with Gasteiger partial charge in [-0.05, 0) is 47.7 Å². The molecule has 0 spiro atoms. The zero-order valence-corrected chi connectivity index (χ0v) is 12.5. The number of nitrogens with zero attached hydrogens (tertiary/aromatic N) is 2. The van der Waals surface area contributed by atoms with E-state index in [4.69, 9.17) is 4.74 Å². The molecular formula is C16H10N2O4S. The van der Waals surface area contributed by atoms with Crippen molar-refractivity contribution in [2.75, 3.05) is 0 Å². The molecule has 7 heteroatoms. The molecule has 0 bridgehead atoms. The number of hydrogen-bond donors (Lipinski definition) is 0. The lowest BCUT2D eigenvalue weighted by Gasteiger charge is -2.05. The zero-order valence-electron chi connectivity index (χ0n) is 11.7. The largest absolute Gasteiger partial charge is 0.457 e. The first-order chi connectivity index (χ1) is 11.1. The lowest BCUT2D eigenvalue weighted by Crippen LogP contribution is -2.00. The minimum absolute atomic E-state index is 0.0911. The molecule has 0 N–H and O–H groups in total. The standard InChI is InChI=1S/C16H10N2O4S/c19-15(16-17-10-14(23-16)18(20)21)11-6-8-13(9-7-11)22-12-4-2-1-3-5-12/h1-10H. The fourth-order valence-corrected chi connectivity index (χ4v) is 2.57. The maximum Gasteiger partial charge on any atom is 0.344 e. The molecule has 114 valence electrons. The number of rotatable bonds is 5. The molecule has 0 saturated carbocycles. The molecule has 1 heterocycles. The van der Waals surface area contributed by atoms with Crippen LogP contribution in [0.2, 0.25) is 0 Å². The van der Waals surface area contributed by atoms with E-state index in [1.165, 1.54) is 0 Å². The predicted octanol–water partition coefficient (Wildman–Crippen LogP) is 4.07. The van der Waals surface area contributed by atoms with Gasteiger partial charge in [-0.2, -0.15) is 0 Å². The highest BCUT2D eigenvalue weighted by molar-refractivity contribution is 7.16. The first-order valence-electron chi connectivity index (χ1n) is 6.61. The number of thiazole rings is 1. The molecule has 23 heavy (non-hydrogen) atoms. The lowest BCUT2D eigenvalue weighted by molar-refractivity contribution is -0.380. The number of benzene rings is 2. The highest BCUT2D eigenvalue weighted by Gasteiger charge is 2.18. The van der Waals surface area contributed by atoms with Gasteiger partial charge >= 0.3 is 5.00 Å². The molecule has 2 aromatic carbocycles. The molecule has 0 amide bonds. The van der Waals surface area contributed by atoms with Crippen molar-refractivity contribution in [1.82, 2.24) is 4.98 Å². The van der Waals surface area contributed by atoms with Crippen molar-refractivity contribution in [2.24, 2.45) is 0 Å². The second kappa shape index (κ2) is 6.37. The Hall–Kier alpha value is -3.06. The van der Waals surface area contributed by atoms with E-state index in [0.717, 1.165) is 17.5 Å². The van der Waals surface area contributed by atoms with Crippen LogP contribution in [0.1, 0.15) is 15.4 Å². The van der Waals surface area contributed by atoms with Gasteiger partial charge in [-0.25, -0.2) is 4.98 Å². The van der Waals surface area contributed by atoms with E-state index in [9.17, 15) is 14.9 Å². The zero-order chi connectivity index (χ0) is 16.2. The van der Waals surface area contributed by atoms with Gasteiger partial charge in [0.05, 0.1) is 4.92 Å². The van der Waals surface area contributed by atoms with Gasteiger partial charge in [-0.1, -0.05) is 18.2 Å². The van der Waals surface area contributed by atoms with E-state index in [1.807, 2.05) is 30.3 Å². The van der Waals surface area contributed by atoms with E-state index in [-0.39, 0.29) is 15.8 Å². The quantitative estimate of drug-likeness (QED) is 0.401. The smallest absolute Gasteiger partial charge is 0.344 e. The third-order valence-electron chi connectivity index (χ3n) is 2.96. The lowest BCUT2D eigenvalue weighted by atomic mass is 10.1. The molecular weight excluding hydrogens is 316 g/mol. The predicted molar refractivity (Wildman–Crippen MR) is 85.2 cm³/mol. The van der Waals surface area contributed by atoms with Gasteiger partial charge in [0, 0.05) is 5.56 Å². The number of carbonyl (C=O) groups excluding carboxylic acids is 1. The summed E-state index contributed by atoms with van der Waals surface area (Å²) in [6.45, 7) is 0. The molecule has 0 aliphatic rings. The Labute approximate surface area is 135 Å². The summed E-state index contributed by atoms with van der Waals surface area (Å²) in [5.41, 5.74) is 0.398. The summed E-state index contributed by atoms with van der Waals surface area (Å²) in [7, 11) is 0. The highest BCUT2D eigenvalue weighted by atomic mass is 32.1. The van der Waals surface area contributed by atoms with E-state index >= 15 is 0 Å². The van der Waals surface area contributed by atoms with Crippen molar-refractivity contribution in [3.05, 3.63) is 81.5 Å². The summed E-state index contributed by atoms with van der Waals surface area (Å²) in [6.07, 6.45) is 1.09. The topological polar surface area (TPSA) is 82.3 Å². The maximum atomic E-state index is 12.2. The number of carbonyl (C=O) groups is 1. The molecule has 0 atom stereocenters. The van der Waals surface area contributed by atoms with Crippen LogP contribution in [-0.2, 0) is 0 Å². The summed E-state index contributed by atoms with van der Waals surface area (Å²) in [4.78, 5) is 26.1. The van der Waals surface area contributed by atoms with Crippen LogP contribution in [0.5, 0.6) is 11.5 Å². The van der Waals surface area contributed by atoms with Crippen LogP contribution in [0, 0.1) is 10.1 Å². The molecule has 0 aliphatic carbocycles. The fraction of sp³-hybridized carbons (Fsp3) is 0. The fourth-order valence-electron chi connectivity index (χ4n) is 1.88. The van der Waals surface area contributed by atoms with Gasteiger partial charge < -0.3 is 4.74 Å². The summed E-state index contributed by atoms with van der Waals surface area (Å²) >= 11 is 0.760. The molecule has 0 saturated heterocycles. The molecule has 0 aliphatic heterocycles. The van der Waals surface area contributed by atoms with Crippen LogP contribution in [0.3, 0.4) is 0 Å². The number of ketones is 1. The van der Waals surface area contributed by atoms with E-state index < -0.39 is 4.92 Å². The number of para-hydroxylation sites is 1. The Kier molecular flexibility index (Phi) is 4.11. The van der Waals surface area contributed by atoms with Gasteiger partial charge in [0.2, 0.25) is 5.78 Å². The third kappa shape index (κ3) is 3.41. The Morgan fingerprint density at radius 1 is 1.04 bits per heavy atom. The van der Waals surface area contributed by atoms with Gasteiger partial charge in [-0.3, -0.25) is 14.9 Å². The van der Waals surface area contributed by atoms with Crippen molar-refractivity contribution in [2.45, 2.75) is 0 Å². The summed E-state index contributed by atoms with van der Waals surface area (Å²) < 4.78 is 5.64. The van der Waals surface area contributed by atoms with Crippen LogP contribution in [0.4, 0.5) is 5.00 Å². The first-order valence-corrected chi connectivity index (χ1v) is 7.43. The highest BCUT2D eigenvalue weighted by Crippen LogP contribution is 2.25. The number of nitro groups is 1. The molecule has 1 aromatic heterocycles. The molecule has 0 radical (unpaired) electrons. The summed E-state index contributed by atoms with van der Waals surface area (Å²) in [5, 5.41) is 10.6. The Morgan fingerprint density at radius 2 is 1.70 bits per heavy atom. The second-order valence-electron chi connectivity index (χ2n) is 4.53. The Morgan fingerprint density at radius 3 is 2.30 bits per heavy atom. The van der Waals surface area contributed by atoms with E-state index in [1.54, 1.807) is 24.3 Å². The van der Waals surface area contributed by atoms with Crippen molar-refractivity contribution in [1.29, 1.82) is 0 Å². The van der Waals surface area contributed by atoms with Crippen molar-refractivity contribution in [3.63, 3.8) is 0 Å². The third-order valence-corrected chi connectivity index (χ3v) is 3.91. The van der Waals surface area contributed by atoms with Crippen LogP contribution in [0.25, 0.3) is 0 Å². The SMILES string of the molecule is O=C(c1ccc(Oc2ccccc2)cc1)c1ncc([N+](=O)[O-])s1. The monoisotopic (exact) mass is 326 g/mol. The molecule has 3 aromatic rings. The van der Waals surface area contributed by atoms with Gasteiger partial charge in [0.15, 0.2) is 5.01 Å². The molecule has 0 fully saturated rings. The minimum Gasteiger partial charge on any atom is -0.457 e. The van der Waals surface area contributed by atoms with Crippen LogP contribution in [-0.4, -0.2) is 15.7 Å². The molecule has 3 rings (SSSR count). The van der Waals surface area contributed by atoms with Crippen molar-refractivity contribution >= 4 is 22.1 Å². The average Bonchev–Trinajstić information content (AvgIpc) is 3.06. The van der Waals surface area contributed by atoms with Gasteiger partial charge in [0.25, 0.3) is 0 Å². The van der Waals surface area contributed by atoms with Crippen LogP contribution in [0.15, 0.2) is 60.8 Å². The van der Waals surface area contributed by atoms with Crippen LogP contribution >= 0.6 is 11.3 Å². The van der Waals surface area contributed by atoms with Gasteiger partial charge in [0.1, 0.15) is 17.7 Å². The number of aromatic nitrogens is 1. The van der Waals surface area contributed by atoms with E-state index in [0.29, 0.717) is 17.1 Å². The number of hydrogen-bond acceptors (Lipinski definition) is 6. The maximum absolute atomic E-state index is 12.2. The first kappa shape index (κ1) is 14.9. The number of ether oxygens (including phenoxy) is 1. The molecule has 6 nitrogen and oxygen atoms in total. The van der Waals surface area contributed by atoms with Gasteiger partial charge in [-0.15, -0.1) is 0 Å². The second-order valence-corrected chi connectivity index (χ2v) is 5.54. The van der Waals surface area contributed by atoms with Crippen LogP contribution < -0.4 is 4.74 Å². The van der Waals surface area contributed by atoms with Crippen molar-refractivity contribution < 1.29 is 14.5 Å². The van der Waals surface area contributed by atoms with E-state index in [2.05, 4.69) is 4.98 Å². The molecule has 0 unspecified atom stereocenters. The Balaban J connectivity index is 1.76. The summed E-state index contributed by atoms with van der Waals surface area (Å²) in [5.74, 6) is 0.939.